The van der Waals surface area contributed by atoms with E-state index in [-0.39, 0.29) is 0 Å². The minimum absolute atomic E-state index is 1.25. The summed E-state index contributed by atoms with van der Waals surface area (Å²) < 4.78 is 0. The molecule has 0 rings (SSSR count). The molecule has 0 aromatic carbocycles. The molecule has 0 unspecified atom stereocenters. The molecule has 0 spiro atoms. The second kappa shape index (κ2) is 24.5. The Balaban J connectivity index is -0.0000000750. The first-order valence-electron chi connectivity index (χ1n) is 3.05. The Kier molecular flexibility index (Phi) is 39.2. The number of carbonyl (C=O) groups is 1. The molecule has 10 heavy (non-hydrogen) atoms. The largest absolute Gasteiger partial charge is 0.503 e. The molecule has 0 aromatic rings. The fourth-order valence-corrected chi connectivity index (χ4v) is 0. The second-order valence-corrected chi connectivity index (χ2v) is 1.40. The van der Waals surface area contributed by atoms with Crippen molar-refractivity contribution in [3.63, 3.8) is 0 Å². The van der Waals surface area contributed by atoms with Crippen LogP contribution >= 0.6 is 0 Å². The topological polar surface area (TPSA) is 57.5 Å². The molecule has 3 heteroatoms. The molecule has 0 aliphatic heterocycles. The summed E-state index contributed by atoms with van der Waals surface area (Å²) in [5.41, 5.74) is 0. The maximum Gasteiger partial charge on any atom is 0.503 e. The third-order valence-electron chi connectivity index (χ3n) is 0. The van der Waals surface area contributed by atoms with Crippen LogP contribution in [0.4, 0.5) is 4.79 Å². The van der Waals surface area contributed by atoms with Crippen LogP contribution in [0.15, 0.2) is 12.7 Å². The Labute approximate surface area is 62.0 Å². The first kappa shape index (κ1) is 16.0. The van der Waals surface area contributed by atoms with Crippen LogP contribution in [0.25, 0.3) is 0 Å². The highest BCUT2D eigenvalue weighted by molar-refractivity contribution is 5.53. The van der Waals surface area contributed by atoms with Gasteiger partial charge in [0.05, 0.1) is 0 Å². The minimum Gasteiger partial charge on any atom is -0.450 e. The summed E-state index contributed by atoms with van der Waals surface area (Å²) >= 11 is 0. The van der Waals surface area contributed by atoms with Gasteiger partial charge < -0.3 is 10.2 Å². The van der Waals surface area contributed by atoms with Gasteiger partial charge in [0.2, 0.25) is 0 Å². The van der Waals surface area contributed by atoms with E-state index < -0.39 is 6.16 Å². The quantitative estimate of drug-likeness (QED) is 0.519. The zero-order valence-corrected chi connectivity index (χ0v) is 6.79. The van der Waals surface area contributed by atoms with E-state index in [1.807, 2.05) is 6.92 Å². The third-order valence-corrected chi connectivity index (χ3v) is 0. The normalized spacial score (nSPS) is 5.50. The lowest BCUT2D eigenvalue weighted by Gasteiger charge is -1.60. The predicted octanol–water partition coefficient (Wildman–Crippen LogP) is 2.83. The van der Waals surface area contributed by atoms with Crippen LogP contribution in [-0.4, -0.2) is 16.4 Å². The maximum atomic E-state index is 8.56. The highest BCUT2D eigenvalue weighted by atomic mass is 16.6. The fraction of sp³-hybridized carbons (Fsp3) is 0.571. The number of hydrogen-bond donors (Lipinski definition) is 2. The molecule has 0 radical (unpaired) electrons. The lowest BCUT2D eigenvalue weighted by molar-refractivity contribution is 0.137. The van der Waals surface area contributed by atoms with Gasteiger partial charge >= 0.3 is 6.16 Å². The van der Waals surface area contributed by atoms with E-state index in [1.165, 1.54) is 6.42 Å². The van der Waals surface area contributed by atoms with E-state index in [0.717, 1.165) is 0 Å². The fourth-order valence-electron chi connectivity index (χ4n) is 0. The summed E-state index contributed by atoms with van der Waals surface area (Å²) in [4.78, 5) is 8.56. The van der Waals surface area contributed by atoms with Crippen LogP contribution in [0.1, 0.15) is 27.2 Å². The van der Waals surface area contributed by atoms with Crippen LogP contribution in [0.2, 0.25) is 0 Å². The Morgan fingerprint density at radius 3 is 1.50 bits per heavy atom. The lowest BCUT2D eigenvalue weighted by Crippen LogP contribution is -1.81. The smallest absolute Gasteiger partial charge is 0.450 e. The molecule has 0 aliphatic carbocycles. The zero-order chi connectivity index (χ0) is 8.99. The molecule has 0 aliphatic rings. The standard InChI is InChI=1S/C3H8.C3H6.CH2O3/c2*1-3-2;2-1(3)4/h3H2,1-2H3;3H,1H2,2H3;(H2,2,3,4). The summed E-state index contributed by atoms with van der Waals surface area (Å²) in [6, 6.07) is 0. The van der Waals surface area contributed by atoms with Crippen LogP contribution in [0, 0.1) is 0 Å². The monoisotopic (exact) mass is 148 g/mol. The number of rotatable bonds is 0. The van der Waals surface area contributed by atoms with Gasteiger partial charge in [-0.05, 0) is 6.92 Å². The van der Waals surface area contributed by atoms with Gasteiger partial charge in [-0.3, -0.25) is 0 Å². The van der Waals surface area contributed by atoms with Crippen molar-refractivity contribution in [1.29, 1.82) is 0 Å². The lowest BCUT2D eigenvalue weighted by atomic mass is 10.6. The van der Waals surface area contributed by atoms with Crippen molar-refractivity contribution >= 4 is 6.16 Å². The van der Waals surface area contributed by atoms with Gasteiger partial charge in [0, 0.05) is 0 Å². The van der Waals surface area contributed by atoms with E-state index in [9.17, 15) is 0 Å². The SMILES string of the molecule is C=CC.CCC.O=C(O)O. The Bertz CT molecular complexity index is 65.3. The van der Waals surface area contributed by atoms with Gasteiger partial charge in [0.15, 0.2) is 0 Å². The summed E-state index contributed by atoms with van der Waals surface area (Å²) in [6.45, 7) is 9.50. The molecule has 62 valence electrons. The van der Waals surface area contributed by atoms with Crippen LogP contribution in [0.3, 0.4) is 0 Å². The van der Waals surface area contributed by atoms with E-state index in [0.29, 0.717) is 0 Å². The van der Waals surface area contributed by atoms with E-state index in [4.69, 9.17) is 15.0 Å². The minimum atomic E-state index is -1.83. The number of hydrogen-bond acceptors (Lipinski definition) is 1. The highest BCUT2D eigenvalue weighted by Gasteiger charge is 1.70. The summed E-state index contributed by atoms with van der Waals surface area (Å²) in [7, 11) is 0. The average molecular weight is 148 g/mol. The average Bonchev–Trinajstić information content (AvgIpc) is 1.65. The molecule has 0 amide bonds. The molecule has 0 heterocycles. The molecule has 2 N–H and O–H groups in total. The summed E-state index contributed by atoms with van der Waals surface area (Å²) in [5, 5.41) is 13.9. The Morgan fingerprint density at radius 1 is 1.50 bits per heavy atom. The molecule has 3 nitrogen and oxygen atoms in total. The third kappa shape index (κ3) is 258. The van der Waals surface area contributed by atoms with Crippen molar-refractivity contribution < 1.29 is 15.0 Å². The Hall–Kier alpha value is -0.990. The van der Waals surface area contributed by atoms with Crippen molar-refractivity contribution in [3.8, 4) is 0 Å². The summed E-state index contributed by atoms with van der Waals surface area (Å²) in [6.07, 6.45) is 1.17. The summed E-state index contributed by atoms with van der Waals surface area (Å²) in [5.74, 6) is 0. The first-order valence-corrected chi connectivity index (χ1v) is 3.05. The van der Waals surface area contributed by atoms with Crippen LogP contribution < -0.4 is 0 Å². The van der Waals surface area contributed by atoms with Gasteiger partial charge in [-0.2, -0.15) is 0 Å². The number of allylic oxidation sites excluding steroid dienone is 1. The van der Waals surface area contributed by atoms with Gasteiger partial charge in [0.1, 0.15) is 0 Å². The first-order chi connectivity index (χ1) is 4.56. The van der Waals surface area contributed by atoms with Crippen molar-refractivity contribution in [2.24, 2.45) is 0 Å². The van der Waals surface area contributed by atoms with Crippen molar-refractivity contribution in [3.05, 3.63) is 12.7 Å². The molecule has 0 fully saturated rings. The molecule has 0 atom stereocenters. The molecule has 0 aromatic heterocycles. The van der Waals surface area contributed by atoms with E-state index in [1.54, 1.807) is 6.08 Å². The van der Waals surface area contributed by atoms with Crippen molar-refractivity contribution in [2.45, 2.75) is 27.2 Å². The molecular weight excluding hydrogens is 132 g/mol. The van der Waals surface area contributed by atoms with Gasteiger partial charge in [0.25, 0.3) is 0 Å². The van der Waals surface area contributed by atoms with Crippen molar-refractivity contribution in [2.75, 3.05) is 0 Å². The van der Waals surface area contributed by atoms with E-state index in [2.05, 4.69) is 20.4 Å². The van der Waals surface area contributed by atoms with Crippen molar-refractivity contribution in [1.82, 2.24) is 0 Å². The van der Waals surface area contributed by atoms with Gasteiger partial charge in [-0.15, -0.1) is 6.58 Å². The number of carboxylic acid groups (broad SMARTS) is 2. The molecule has 0 saturated heterocycles. The second-order valence-electron chi connectivity index (χ2n) is 1.40. The maximum absolute atomic E-state index is 8.56. The zero-order valence-electron chi connectivity index (χ0n) is 6.79. The predicted molar refractivity (Wildman–Crippen MR) is 42.5 cm³/mol. The van der Waals surface area contributed by atoms with Crippen LogP contribution in [-0.2, 0) is 0 Å². The highest BCUT2D eigenvalue weighted by Crippen LogP contribution is 1.56. The van der Waals surface area contributed by atoms with E-state index >= 15 is 0 Å². The Morgan fingerprint density at radius 2 is 1.50 bits per heavy atom. The van der Waals surface area contributed by atoms with Gasteiger partial charge in [-0.1, -0.05) is 26.3 Å². The molecule has 0 bridgehead atoms. The molecular formula is C7H16O3. The van der Waals surface area contributed by atoms with Gasteiger partial charge in [-0.25, -0.2) is 4.79 Å². The molecule has 0 saturated carbocycles. The van der Waals surface area contributed by atoms with Crippen LogP contribution in [0.5, 0.6) is 0 Å².